The van der Waals surface area contributed by atoms with Gasteiger partial charge in [-0.05, 0) is 25.5 Å². The Morgan fingerprint density at radius 2 is 2.21 bits per heavy atom. The van der Waals surface area contributed by atoms with Crippen molar-refractivity contribution in [3.8, 4) is 11.5 Å². The molecular weight excluding hydrogens is 308 g/mol. The zero-order valence-electron chi connectivity index (χ0n) is 14.4. The van der Waals surface area contributed by atoms with Crippen molar-refractivity contribution in [1.82, 2.24) is 10.2 Å². The summed E-state index contributed by atoms with van der Waals surface area (Å²) >= 11 is 0. The number of amides is 1. The maximum Gasteiger partial charge on any atom is 0.227 e. The first-order valence-corrected chi connectivity index (χ1v) is 8.47. The van der Waals surface area contributed by atoms with Crippen molar-refractivity contribution in [2.75, 3.05) is 40.4 Å². The number of methoxy groups -OCH3 is 2. The van der Waals surface area contributed by atoms with E-state index in [0.29, 0.717) is 37.4 Å². The highest BCUT2D eigenvalue weighted by Gasteiger charge is 2.43. The van der Waals surface area contributed by atoms with E-state index in [9.17, 15) is 9.90 Å². The molecule has 2 N–H and O–H groups in total. The molecule has 2 saturated heterocycles. The molecular formula is C18H26N2O4. The number of hydrogen-bond donors (Lipinski definition) is 2. The molecule has 0 radical (unpaired) electrons. The molecule has 6 heteroatoms. The van der Waals surface area contributed by atoms with Crippen molar-refractivity contribution in [3.05, 3.63) is 23.8 Å². The Bertz CT molecular complexity index is 607. The highest BCUT2D eigenvalue weighted by molar-refractivity contribution is 5.79. The Balaban J connectivity index is 1.67. The van der Waals surface area contributed by atoms with E-state index in [1.165, 1.54) is 0 Å². The van der Waals surface area contributed by atoms with Crippen LogP contribution in [0.2, 0.25) is 0 Å². The average molecular weight is 334 g/mol. The molecule has 0 saturated carbocycles. The van der Waals surface area contributed by atoms with E-state index in [1.807, 2.05) is 17.0 Å². The smallest absolute Gasteiger partial charge is 0.227 e. The Morgan fingerprint density at radius 1 is 1.38 bits per heavy atom. The van der Waals surface area contributed by atoms with Crippen LogP contribution in [-0.4, -0.2) is 61.9 Å². The van der Waals surface area contributed by atoms with E-state index in [-0.39, 0.29) is 11.8 Å². The average Bonchev–Trinajstić information content (AvgIpc) is 2.61. The maximum atomic E-state index is 12.7. The van der Waals surface area contributed by atoms with Gasteiger partial charge in [0.15, 0.2) is 0 Å². The molecule has 3 rings (SSSR count). The maximum absolute atomic E-state index is 12.7. The lowest BCUT2D eigenvalue weighted by atomic mass is 9.76. The molecule has 0 unspecified atom stereocenters. The minimum absolute atomic E-state index is 0.0751. The van der Waals surface area contributed by atoms with Crippen molar-refractivity contribution in [2.45, 2.75) is 24.9 Å². The van der Waals surface area contributed by atoms with E-state index >= 15 is 0 Å². The predicted octanol–water partition coefficient (Wildman–Crippen LogP) is 0.819. The Labute approximate surface area is 142 Å². The number of hydrogen-bond acceptors (Lipinski definition) is 5. The summed E-state index contributed by atoms with van der Waals surface area (Å²) in [6, 6.07) is 5.51. The van der Waals surface area contributed by atoms with Crippen molar-refractivity contribution >= 4 is 5.91 Å². The van der Waals surface area contributed by atoms with Gasteiger partial charge in [-0.2, -0.15) is 0 Å². The standard InChI is InChI=1S/C18H26N2O4/c1-23-15-4-3-13(16(10-15)24-2)9-17(21)20-8-6-18(22)5-7-19-11-14(18)12-20/h3-4,10,14,19,22H,5-9,11-12H2,1-2H3/t14-,18-/m0/s1. The molecule has 0 aromatic heterocycles. The van der Waals surface area contributed by atoms with E-state index < -0.39 is 5.60 Å². The quantitative estimate of drug-likeness (QED) is 0.853. The van der Waals surface area contributed by atoms with Crippen LogP contribution in [0.25, 0.3) is 0 Å². The minimum atomic E-state index is -0.611. The normalized spacial score (nSPS) is 26.6. The lowest BCUT2D eigenvalue weighted by Gasteiger charge is -2.47. The van der Waals surface area contributed by atoms with Gasteiger partial charge in [-0.1, -0.05) is 6.07 Å². The van der Waals surface area contributed by atoms with Gasteiger partial charge in [-0.15, -0.1) is 0 Å². The molecule has 2 atom stereocenters. The largest absolute Gasteiger partial charge is 0.497 e. The van der Waals surface area contributed by atoms with Crippen molar-refractivity contribution in [1.29, 1.82) is 0 Å². The summed E-state index contributed by atoms with van der Waals surface area (Å²) in [5, 5.41) is 14.0. The van der Waals surface area contributed by atoms with Crippen LogP contribution < -0.4 is 14.8 Å². The number of rotatable bonds is 4. The number of nitrogens with zero attached hydrogens (tertiary/aromatic N) is 1. The fraction of sp³-hybridized carbons (Fsp3) is 0.611. The number of likely N-dealkylation sites (tertiary alicyclic amines) is 1. The fourth-order valence-electron chi connectivity index (χ4n) is 3.72. The molecule has 0 bridgehead atoms. The van der Waals surface area contributed by atoms with Crippen LogP contribution >= 0.6 is 0 Å². The second-order valence-corrected chi connectivity index (χ2v) is 6.70. The predicted molar refractivity (Wildman–Crippen MR) is 90.4 cm³/mol. The number of carbonyl (C=O) groups is 1. The molecule has 132 valence electrons. The molecule has 1 amide bonds. The zero-order valence-corrected chi connectivity index (χ0v) is 14.4. The van der Waals surface area contributed by atoms with Gasteiger partial charge >= 0.3 is 0 Å². The Hall–Kier alpha value is -1.79. The summed E-state index contributed by atoms with van der Waals surface area (Å²) in [6.07, 6.45) is 1.72. The number of fused-ring (bicyclic) bond motifs is 1. The van der Waals surface area contributed by atoms with Crippen LogP contribution in [0, 0.1) is 5.92 Å². The van der Waals surface area contributed by atoms with Gasteiger partial charge < -0.3 is 24.8 Å². The van der Waals surface area contributed by atoms with Gasteiger partial charge in [0.2, 0.25) is 5.91 Å². The molecule has 2 heterocycles. The molecule has 6 nitrogen and oxygen atoms in total. The molecule has 2 aliphatic heterocycles. The number of piperidine rings is 2. The van der Waals surface area contributed by atoms with Crippen LogP contribution in [0.3, 0.4) is 0 Å². The van der Waals surface area contributed by atoms with Crippen molar-refractivity contribution in [3.63, 3.8) is 0 Å². The Kier molecular flexibility index (Phi) is 4.96. The third-order valence-electron chi connectivity index (χ3n) is 5.33. The molecule has 24 heavy (non-hydrogen) atoms. The van der Waals surface area contributed by atoms with Gasteiger partial charge in [0.05, 0.1) is 26.2 Å². The molecule has 0 aliphatic carbocycles. The fourth-order valence-corrected chi connectivity index (χ4v) is 3.72. The third kappa shape index (κ3) is 3.35. The van der Waals surface area contributed by atoms with E-state index in [4.69, 9.17) is 9.47 Å². The highest BCUT2D eigenvalue weighted by atomic mass is 16.5. The van der Waals surface area contributed by atoms with Crippen LogP contribution in [0.1, 0.15) is 18.4 Å². The van der Waals surface area contributed by atoms with Gasteiger partial charge in [0.1, 0.15) is 11.5 Å². The highest BCUT2D eigenvalue weighted by Crippen LogP contribution is 2.33. The first-order chi connectivity index (χ1) is 11.6. The molecule has 1 aromatic rings. The lowest BCUT2D eigenvalue weighted by Crippen LogP contribution is -2.60. The second-order valence-electron chi connectivity index (χ2n) is 6.70. The molecule has 2 aliphatic rings. The van der Waals surface area contributed by atoms with E-state index in [2.05, 4.69) is 5.32 Å². The van der Waals surface area contributed by atoms with Gasteiger partial charge in [0, 0.05) is 37.2 Å². The zero-order chi connectivity index (χ0) is 17.2. The Morgan fingerprint density at radius 3 is 2.96 bits per heavy atom. The summed E-state index contributed by atoms with van der Waals surface area (Å²) in [7, 11) is 3.20. The van der Waals surface area contributed by atoms with Gasteiger partial charge in [-0.3, -0.25) is 4.79 Å². The van der Waals surface area contributed by atoms with Gasteiger partial charge in [-0.25, -0.2) is 0 Å². The van der Waals surface area contributed by atoms with Gasteiger partial charge in [0.25, 0.3) is 0 Å². The molecule has 0 spiro atoms. The van der Waals surface area contributed by atoms with Crippen LogP contribution in [-0.2, 0) is 11.2 Å². The molecule has 1 aromatic carbocycles. The van der Waals surface area contributed by atoms with Crippen LogP contribution in [0.15, 0.2) is 18.2 Å². The lowest BCUT2D eigenvalue weighted by molar-refractivity contribution is -0.141. The number of benzene rings is 1. The second kappa shape index (κ2) is 6.99. The summed E-state index contributed by atoms with van der Waals surface area (Å²) in [5.41, 5.74) is 0.241. The van der Waals surface area contributed by atoms with E-state index in [0.717, 1.165) is 25.1 Å². The minimum Gasteiger partial charge on any atom is -0.497 e. The van der Waals surface area contributed by atoms with E-state index in [1.54, 1.807) is 20.3 Å². The van der Waals surface area contributed by atoms with Crippen LogP contribution in [0.4, 0.5) is 0 Å². The van der Waals surface area contributed by atoms with Crippen molar-refractivity contribution in [2.24, 2.45) is 5.92 Å². The summed E-state index contributed by atoms with van der Waals surface area (Å²) in [6.45, 7) is 2.85. The third-order valence-corrected chi connectivity index (χ3v) is 5.33. The number of nitrogens with one attached hydrogen (secondary N) is 1. The number of aliphatic hydroxyl groups is 1. The first kappa shape index (κ1) is 17.0. The topological polar surface area (TPSA) is 71.0 Å². The summed E-state index contributed by atoms with van der Waals surface area (Å²) in [4.78, 5) is 14.6. The number of ether oxygens (including phenoxy) is 2. The summed E-state index contributed by atoms with van der Waals surface area (Å²) in [5.74, 6) is 1.56. The van der Waals surface area contributed by atoms with Crippen LogP contribution in [0.5, 0.6) is 11.5 Å². The SMILES string of the molecule is COc1ccc(CC(=O)N2CC[C@@]3(O)CCNC[C@H]3C2)c(OC)c1. The van der Waals surface area contributed by atoms with Crippen molar-refractivity contribution < 1.29 is 19.4 Å². The summed E-state index contributed by atoms with van der Waals surface area (Å²) < 4.78 is 10.6. The first-order valence-electron chi connectivity index (χ1n) is 8.47. The number of carbonyl (C=O) groups excluding carboxylic acids is 1. The molecule has 2 fully saturated rings. The monoisotopic (exact) mass is 334 g/mol.